The highest BCUT2D eigenvalue weighted by molar-refractivity contribution is 14.1. The van der Waals surface area contributed by atoms with Crippen molar-refractivity contribution < 1.29 is 14.3 Å². The number of halogens is 1. The van der Waals surface area contributed by atoms with Crippen molar-refractivity contribution in [1.82, 2.24) is 5.32 Å². The topological polar surface area (TPSA) is 55.4 Å². The number of Topliss-reactive ketones (excluding diaryl/α,β-unsaturated/α-hetero) is 1. The number of nitrogens with one attached hydrogen (secondary N) is 1. The molecule has 1 aliphatic heterocycles. The third-order valence-electron chi connectivity index (χ3n) is 5.78. The van der Waals surface area contributed by atoms with Gasteiger partial charge in [0.1, 0.15) is 6.10 Å². The lowest BCUT2D eigenvalue weighted by molar-refractivity contribution is -0.144. The lowest BCUT2D eigenvalue weighted by atomic mass is 9.75. The van der Waals surface area contributed by atoms with Crippen LogP contribution < -0.4 is 5.32 Å². The van der Waals surface area contributed by atoms with Crippen molar-refractivity contribution in [2.75, 3.05) is 0 Å². The van der Waals surface area contributed by atoms with Crippen LogP contribution in [0.1, 0.15) is 63.4 Å². The summed E-state index contributed by atoms with van der Waals surface area (Å²) in [5.74, 6) is -0.466. The maximum atomic E-state index is 13.1. The zero-order chi connectivity index (χ0) is 19.0. The van der Waals surface area contributed by atoms with Crippen molar-refractivity contribution in [3.8, 4) is 0 Å². The molecule has 1 aromatic rings. The number of ether oxygens (including phenoxy) is 1. The first-order valence-electron chi connectivity index (χ1n) is 9.75. The van der Waals surface area contributed by atoms with E-state index in [1.165, 1.54) is 0 Å². The van der Waals surface area contributed by atoms with Gasteiger partial charge in [0.2, 0.25) is 0 Å². The van der Waals surface area contributed by atoms with Crippen LogP contribution in [0.2, 0.25) is 0 Å². The molecule has 5 heteroatoms. The van der Waals surface area contributed by atoms with Gasteiger partial charge in [-0.2, -0.15) is 0 Å². The van der Waals surface area contributed by atoms with E-state index in [0.29, 0.717) is 12.0 Å². The second-order valence-electron chi connectivity index (χ2n) is 7.63. The highest BCUT2D eigenvalue weighted by Crippen LogP contribution is 2.43. The van der Waals surface area contributed by atoms with E-state index in [1.54, 1.807) is 0 Å². The number of dihydropyridines is 1. The molecular formula is C22H24INO3. The van der Waals surface area contributed by atoms with E-state index in [-0.39, 0.29) is 23.8 Å². The molecule has 0 spiro atoms. The second kappa shape index (κ2) is 7.78. The quantitative estimate of drug-likeness (QED) is 0.505. The highest BCUT2D eigenvalue weighted by Gasteiger charge is 2.39. The first-order valence-corrected chi connectivity index (χ1v) is 10.8. The molecule has 1 heterocycles. The van der Waals surface area contributed by atoms with Crippen LogP contribution in [0.5, 0.6) is 0 Å². The largest absolute Gasteiger partial charge is 0.459 e. The molecule has 4 nitrogen and oxygen atoms in total. The fourth-order valence-electron chi connectivity index (χ4n) is 4.46. The van der Waals surface area contributed by atoms with Crippen LogP contribution in [0.4, 0.5) is 0 Å². The monoisotopic (exact) mass is 477 g/mol. The van der Waals surface area contributed by atoms with Gasteiger partial charge in [-0.1, -0.05) is 12.1 Å². The van der Waals surface area contributed by atoms with Gasteiger partial charge in [-0.3, -0.25) is 4.79 Å². The fraction of sp³-hybridized carbons (Fsp3) is 0.455. The van der Waals surface area contributed by atoms with Crippen LogP contribution >= 0.6 is 22.6 Å². The Morgan fingerprint density at radius 3 is 2.52 bits per heavy atom. The second-order valence-corrected chi connectivity index (χ2v) is 8.87. The number of ketones is 1. The van der Waals surface area contributed by atoms with E-state index in [1.807, 2.05) is 31.2 Å². The molecule has 1 atom stereocenters. The summed E-state index contributed by atoms with van der Waals surface area (Å²) in [6.07, 6.45) is 6.37. The summed E-state index contributed by atoms with van der Waals surface area (Å²) in [4.78, 5) is 26.0. The normalized spacial score (nSPS) is 23.3. The van der Waals surface area contributed by atoms with Gasteiger partial charge in [-0.05, 0) is 85.7 Å². The molecule has 1 N–H and O–H groups in total. The average molecular weight is 477 g/mol. The molecule has 0 amide bonds. The number of hydrogen-bond donors (Lipinski definition) is 1. The minimum atomic E-state index is -0.333. The lowest BCUT2D eigenvalue weighted by Crippen LogP contribution is -2.35. The third kappa shape index (κ3) is 3.71. The van der Waals surface area contributed by atoms with Gasteiger partial charge < -0.3 is 10.1 Å². The zero-order valence-electron chi connectivity index (χ0n) is 15.5. The SMILES string of the molecule is CC1=C(C(=O)OC2CCCC2)[C@H](c2ccc(I)cc2)C2=C(CCCC2=O)N1. The Labute approximate surface area is 173 Å². The molecule has 142 valence electrons. The predicted octanol–water partition coefficient (Wildman–Crippen LogP) is 4.74. The fourth-order valence-corrected chi connectivity index (χ4v) is 4.82. The van der Waals surface area contributed by atoms with Crippen LogP contribution in [0, 0.1) is 3.57 Å². The Kier molecular flexibility index (Phi) is 5.39. The number of allylic oxidation sites excluding steroid dienone is 3. The Hall–Kier alpha value is -1.63. The summed E-state index contributed by atoms with van der Waals surface area (Å²) < 4.78 is 6.97. The van der Waals surface area contributed by atoms with Crippen molar-refractivity contribution in [1.29, 1.82) is 0 Å². The third-order valence-corrected chi connectivity index (χ3v) is 6.49. The van der Waals surface area contributed by atoms with Crippen molar-refractivity contribution >= 4 is 34.3 Å². The van der Waals surface area contributed by atoms with Crippen molar-refractivity contribution in [3.63, 3.8) is 0 Å². The molecule has 1 fully saturated rings. The molecule has 2 aliphatic carbocycles. The van der Waals surface area contributed by atoms with Crippen molar-refractivity contribution in [2.24, 2.45) is 0 Å². The average Bonchev–Trinajstić information content (AvgIpc) is 3.14. The van der Waals surface area contributed by atoms with Crippen LogP contribution in [0.15, 0.2) is 46.8 Å². The number of rotatable bonds is 3. The maximum absolute atomic E-state index is 13.1. The Morgan fingerprint density at radius 1 is 1.11 bits per heavy atom. The molecule has 3 aliphatic rings. The summed E-state index contributed by atoms with van der Waals surface area (Å²) in [5, 5.41) is 3.35. The van der Waals surface area contributed by atoms with E-state index in [4.69, 9.17) is 4.74 Å². The molecule has 1 aromatic carbocycles. The number of carbonyl (C=O) groups is 2. The van der Waals surface area contributed by atoms with E-state index in [9.17, 15) is 9.59 Å². The van der Waals surface area contributed by atoms with E-state index < -0.39 is 0 Å². The Morgan fingerprint density at radius 2 is 1.81 bits per heavy atom. The number of benzene rings is 1. The molecule has 27 heavy (non-hydrogen) atoms. The number of carbonyl (C=O) groups excluding carboxylic acids is 2. The van der Waals surface area contributed by atoms with E-state index in [0.717, 1.165) is 64.6 Å². The van der Waals surface area contributed by atoms with Crippen LogP contribution in [0.25, 0.3) is 0 Å². The van der Waals surface area contributed by atoms with Crippen LogP contribution in [-0.2, 0) is 14.3 Å². The summed E-state index contributed by atoms with van der Waals surface area (Å²) in [5.41, 5.74) is 4.13. The number of esters is 1. The zero-order valence-corrected chi connectivity index (χ0v) is 17.7. The summed E-state index contributed by atoms with van der Waals surface area (Å²) in [6, 6.07) is 8.11. The molecule has 0 aromatic heterocycles. The molecule has 0 unspecified atom stereocenters. The first-order chi connectivity index (χ1) is 13.0. The maximum Gasteiger partial charge on any atom is 0.337 e. The van der Waals surface area contributed by atoms with Crippen molar-refractivity contribution in [3.05, 3.63) is 55.9 Å². The van der Waals surface area contributed by atoms with E-state index >= 15 is 0 Å². The summed E-state index contributed by atoms with van der Waals surface area (Å²) in [6.45, 7) is 1.92. The smallest absolute Gasteiger partial charge is 0.337 e. The van der Waals surface area contributed by atoms with Crippen LogP contribution in [-0.4, -0.2) is 17.9 Å². The minimum absolute atomic E-state index is 0.00704. The minimum Gasteiger partial charge on any atom is -0.459 e. The molecule has 0 radical (unpaired) electrons. The highest BCUT2D eigenvalue weighted by atomic mass is 127. The van der Waals surface area contributed by atoms with Gasteiger partial charge >= 0.3 is 5.97 Å². The van der Waals surface area contributed by atoms with Crippen LogP contribution in [0.3, 0.4) is 0 Å². The molecule has 4 rings (SSSR count). The predicted molar refractivity (Wildman–Crippen MR) is 112 cm³/mol. The summed E-state index contributed by atoms with van der Waals surface area (Å²) in [7, 11) is 0. The van der Waals surface area contributed by atoms with Gasteiger partial charge in [0.25, 0.3) is 0 Å². The molecule has 0 saturated heterocycles. The van der Waals surface area contributed by atoms with Gasteiger partial charge in [0.05, 0.1) is 5.57 Å². The molecule has 0 bridgehead atoms. The van der Waals surface area contributed by atoms with Gasteiger partial charge in [-0.25, -0.2) is 4.79 Å². The molecule has 1 saturated carbocycles. The Bertz CT molecular complexity index is 832. The van der Waals surface area contributed by atoms with Gasteiger partial charge in [0, 0.05) is 32.9 Å². The standard InChI is InChI=1S/C22H24INO3/c1-13-19(22(26)27-16-5-2-3-6-16)20(14-9-11-15(23)12-10-14)21-17(24-13)7-4-8-18(21)25/h9-12,16,20,24H,2-8H2,1H3/t20-/m0/s1. The van der Waals surface area contributed by atoms with Crippen molar-refractivity contribution in [2.45, 2.75) is 63.9 Å². The van der Waals surface area contributed by atoms with Gasteiger partial charge in [0.15, 0.2) is 5.78 Å². The summed E-state index contributed by atoms with van der Waals surface area (Å²) >= 11 is 2.27. The first kappa shape index (κ1) is 18.7. The lowest BCUT2D eigenvalue weighted by Gasteiger charge is -2.34. The van der Waals surface area contributed by atoms with Gasteiger partial charge in [-0.15, -0.1) is 0 Å². The van der Waals surface area contributed by atoms with E-state index in [2.05, 4.69) is 27.9 Å². The Balaban J connectivity index is 1.75. The number of hydrogen-bond acceptors (Lipinski definition) is 4. The molecular weight excluding hydrogens is 453 g/mol.